The number of hydrogen-bond donors (Lipinski definition) is 1. The molecule has 2 aromatic heterocycles. The van der Waals surface area contributed by atoms with Crippen LogP contribution in [0.3, 0.4) is 0 Å². The van der Waals surface area contributed by atoms with Crippen LogP contribution in [-0.4, -0.2) is 15.9 Å². The predicted molar refractivity (Wildman–Crippen MR) is 179 cm³/mol. The van der Waals surface area contributed by atoms with E-state index in [4.69, 9.17) is 14.5 Å². The second-order valence-corrected chi connectivity index (χ2v) is 11.1. The molecule has 0 atom stereocenters. The summed E-state index contributed by atoms with van der Waals surface area (Å²) in [4.78, 5) is 15.3. The van der Waals surface area contributed by atoms with E-state index in [-0.39, 0.29) is 31.6 Å². The van der Waals surface area contributed by atoms with E-state index in [1.54, 1.807) is 13.8 Å². The zero-order chi connectivity index (χ0) is 30.2. The Labute approximate surface area is 270 Å². The maximum atomic E-state index is 10.5. The largest absolute Gasteiger partial charge is 0.512 e. The number of aryl methyl sites for hydroxylation is 1. The molecule has 5 heteroatoms. The molecular weight excluding hydrogens is 723 g/mol. The number of aliphatic hydroxyl groups is 1. The van der Waals surface area contributed by atoms with Gasteiger partial charge in [-0.25, -0.2) is 0 Å². The van der Waals surface area contributed by atoms with Gasteiger partial charge in [0.05, 0.1) is 11.3 Å². The summed E-state index contributed by atoms with van der Waals surface area (Å²) in [6.45, 7) is 9.94. The van der Waals surface area contributed by atoms with Crippen molar-refractivity contribution in [2.75, 3.05) is 0 Å². The number of aromatic nitrogens is 1. The van der Waals surface area contributed by atoms with Crippen molar-refractivity contribution >= 4 is 60.0 Å². The van der Waals surface area contributed by atoms with E-state index in [0.29, 0.717) is 12.8 Å². The molecule has 44 heavy (non-hydrogen) atoms. The number of allylic oxidation sites excluding steroid dienone is 2. The molecule has 0 saturated carbocycles. The van der Waals surface area contributed by atoms with Gasteiger partial charge in [-0.1, -0.05) is 91.0 Å². The van der Waals surface area contributed by atoms with Crippen LogP contribution < -0.4 is 0 Å². The van der Waals surface area contributed by atoms with Gasteiger partial charge in [0, 0.05) is 45.2 Å². The Morgan fingerprint density at radius 3 is 1.93 bits per heavy atom. The summed E-state index contributed by atoms with van der Waals surface area (Å²) in [6.07, 6.45) is 4.22. The number of aliphatic hydroxyl groups excluding tert-OH is 1. The van der Waals surface area contributed by atoms with Crippen molar-refractivity contribution in [2.24, 2.45) is 0 Å². The molecule has 1 radical (unpaired) electrons. The number of hydrogen-bond acceptors (Lipinski definition) is 4. The molecule has 7 rings (SSSR count). The Morgan fingerprint density at radius 1 is 0.773 bits per heavy atom. The minimum absolute atomic E-state index is 0. The third-order valence-electron chi connectivity index (χ3n) is 8.46. The fourth-order valence-electron chi connectivity index (χ4n) is 5.74. The van der Waals surface area contributed by atoms with Gasteiger partial charge in [0.25, 0.3) is 0 Å². The summed E-state index contributed by atoms with van der Waals surface area (Å²) in [5.41, 5.74) is 7.37. The molecule has 2 heterocycles. The molecule has 1 N–H and O–H groups in total. The Balaban J connectivity index is 0.000000338. The molecule has 223 valence electrons. The number of rotatable bonds is 4. The standard InChI is InChI=1S/C32H22NO.C7H12O2.Ir/c1-18-17-33-32(20(3)19(18)2)21-12-13-26-29-15-27-24-10-6-4-8-22(24)23-9-5-7-11-25(23)28(27)16-31(29)34-30(26)14-21;1-3-6(8)5-7(9)4-2;/h4-11,13-17H,1-3H3;5,8H,3-4H2,1-2H3;/q-1;;/b;6-5-;. The van der Waals surface area contributed by atoms with E-state index in [1.807, 2.05) is 6.20 Å². The number of carbonyl (C=O) groups is 1. The van der Waals surface area contributed by atoms with Gasteiger partial charge in [-0.3, -0.25) is 4.79 Å². The van der Waals surface area contributed by atoms with E-state index in [0.717, 1.165) is 33.2 Å². The first-order valence-corrected chi connectivity index (χ1v) is 14.8. The summed E-state index contributed by atoms with van der Waals surface area (Å²) in [5.74, 6) is 0.149. The van der Waals surface area contributed by atoms with Crippen LogP contribution in [0.5, 0.6) is 0 Å². The van der Waals surface area contributed by atoms with E-state index in [1.165, 1.54) is 55.1 Å². The first-order chi connectivity index (χ1) is 20.8. The minimum Gasteiger partial charge on any atom is -0.512 e. The van der Waals surface area contributed by atoms with Crippen LogP contribution in [0.15, 0.2) is 95.2 Å². The number of benzene rings is 5. The number of furan rings is 1. The number of ketones is 1. The average molecular weight is 757 g/mol. The van der Waals surface area contributed by atoms with Crippen molar-refractivity contribution in [1.29, 1.82) is 0 Å². The predicted octanol–water partition coefficient (Wildman–Crippen LogP) is 10.6. The van der Waals surface area contributed by atoms with E-state index in [2.05, 4.69) is 99.6 Å². The number of pyridine rings is 1. The molecule has 4 nitrogen and oxygen atoms in total. The second kappa shape index (κ2) is 12.7. The Bertz CT molecular complexity index is 2230. The fraction of sp³-hybridized carbons (Fsp3) is 0.179. The summed E-state index contributed by atoms with van der Waals surface area (Å²) >= 11 is 0. The number of fused-ring (bicyclic) bond motifs is 9. The fourth-order valence-corrected chi connectivity index (χ4v) is 5.74. The molecule has 0 fully saturated rings. The first kappa shape index (κ1) is 31.1. The molecule has 0 saturated heterocycles. The van der Waals surface area contributed by atoms with Crippen molar-refractivity contribution in [1.82, 2.24) is 4.98 Å². The third-order valence-corrected chi connectivity index (χ3v) is 8.46. The van der Waals surface area contributed by atoms with Gasteiger partial charge in [0.1, 0.15) is 5.58 Å². The molecule has 7 aromatic rings. The topological polar surface area (TPSA) is 63.3 Å². The maximum Gasteiger partial charge on any atom is 0.158 e. The van der Waals surface area contributed by atoms with Crippen molar-refractivity contribution < 1.29 is 34.4 Å². The van der Waals surface area contributed by atoms with Crippen LogP contribution in [0.25, 0.3) is 65.5 Å². The van der Waals surface area contributed by atoms with Gasteiger partial charge >= 0.3 is 0 Å². The van der Waals surface area contributed by atoms with Crippen molar-refractivity contribution in [3.8, 4) is 11.3 Å². The van der Waals surface area contributed by atoms with Crippen LogP contribution >= 0.6 is 0 Å². The monoisotopic (exact) mass is 757 g/mol. The van der Waals surface area contributed by atoms with Gasteiger partial charge in [0.15, 0.2) is 5.78 Å². The van der Waals surface area contributed by atoms with Crippen LogP contribution in [-0.2, 0) is 24.9 Å². The Kier molecular flexibility index (Phi) is 9.01. The van der Waals surface area contributed by atoms with E-state index >= 15 is 0 Å². The van der Waals surface area contributed by atoms with E-state index in [9.17, 15) is 4.79 Å². The molecule has 0 aliphatic carbocycles. The molecule has 0 spiro atoms. The molecular formula is C39H34IrNO3-. The summed E-state index contributed by atoms with van der Waals surface area (Å²) in [7, 11) is 0. The van der Waals surface area contributed by atoms with Crippen LogP contribution in [0, 0.1) is 26.8 Å². The van der Waals surface area contributed by atoms with Crippen molar-refractivity contribution in [3.05, 3.63) is 114 Å². The quantitative estimate of drug-likeness (QED) is 0.0841. The summed E-state index contributed by atoms with van der Waals surface area (Å²) in [6, 6.07) is 29.4. The van der Waals surface area contributed by atoms with Gasteiger partial charge < -0.3 is 14.5 Å². The van der Waals surface area contributed by atoms with E-state index < -0.39 is 0 Å². The molecule has 0 unspecified atom stereocenters. The molecule has 5 aromatic carbocycles. The maximum absolute atomic E-state index is 10.5. The van der Waals surface area contributed by atoms with Crippen LogP contribution in [0.1, 0.15) is 43.4 Å². The van der Waals surface area contributed by atoms with Crippen LogP contribution in [0.4, 0.5) is 0 Å². The zero-order valence-electron chi connectivity index (χ0n) is 25.5. The van der Waals surface area contributed by atoms with Crippen LogP contribution in [0.2, 0.25) is 0 Å². The normalized spacial score (nSPS) is 11.6. The summed E-state index contributed by atoms with van der Waals surface area (Å²) < 4.78 is 6.43. The first-order valence-electron chi connectivity index (χ1n) is 14.8. The van der Waals surface area contributed by atoms with Gasteiger partial charge in [-0.2, -0.15) is 0 Å². The van der Waals surface area contributed by atoms with Gasteiger partial charge in [0.2, 0.25) is 0 Å². The zero-order valence-corrected chi connectivity index (χ0v) is 27.9. The summed E-state index contributed by atoms with van der Waals surface area (Å²) in [5, 5.41) is 18.5. The van der Waals surface area contributed by atoms with Crippen molar-refractivity contribution in [3.63, 3.8) is 0 Å². The van der Waals surface area contributed by atoms with Gasteiger partial charge in [-0.15, -0.1) is 17.7 Å². The molecule has 0 aliphatic heterocycles. The van der Waals surface area contributed by atoms with Gasteiger partial charge in [-0.05, 0) is 75.8 Å². The molecule has 0 amide bonds. The Morgan fingerprint density at radius 2 is 1.34 bits per heavy atom. The molecule has 0 aliphatic rings. The smallest absolute Gasteiger partial charge is 0.158 e. The third kappa shape index (κ3) is 5.54. The number of carbonyl (C=O) groups excluding carboxylic acids is 1. The SMILES string of the molecule is CCC(=O)/C=C(\O)CC.Cc1cnc(-c2[c-]cc3c(c2)oc2cc4c5ccccc5c5ccccc5c4cc23)c(C)c1C.[Ir]. The average Bonchev–Trinajstić information content (AvgIpc) is 3.40. The van der Waals surface area contributed by atoms with Crippen molar-refractivity contribution in [2.45, 2.75) is 47.5 Å². The molecule has 0 bridgehead atoms. The Hall–Kier alpha value is -4.31. The second-order valence-electron chi connectivity index (χ2n) is 11.1. The minimum atomic E-state index is -0.0191. The number of nitrogens with zero attached hydrogens (tertiary/aromatic N) is 1.